The number of carbonyl (C=O) groups excluding carboxylic acids is 1. The van der Waals surface area contributed by atoms with Crippen molar-refractivity contribution in [2.75, 3.05) is 5.32 Å². The molecule has 136 valence electrons. The first-order valence-corrected chi connectivity index (χ1v) is 8.78. The van der Waals surface area contributed by atoms with E-state index in [1.54, 1.807) is 18.2 Å². The molecule has 1 saturated carbocycles. The van der Waals surface area contributed by atoms with Crippen LogP contribution in [-0.4, -0.2) is 20.6 Å². The van der Waals surface area contributed by atoms with E-state index in [9.17, 15) is 14.9 Å². The highest BCUT2D eigenvalue weighted by Crippen LogP contribution is 2.31. The number of aromatic nitrogens is 2. The molecule has 1 N–H and O–H groups in total. The first-order valence-electron chi connectivity index (χ1n) is 8.78. The molecule has 3 aromatic rings. The third-order valence-electron chi connectivity index (χ3n) is 4.58. The van der Waals surface area contributed by atoms with Crippen LogP contribution >= 0.6 is 0 Å². The van der Waals surface area contributed by atoms with Crippen molar-refractivity contribution >= 4 is 34.3 Å². The standard InChI is InChI=1S/C20H18N4O3/c25-20(22-17-3-1-2-4-19(17)24(26)27)10-8-14-7-9-18-16(11-14)12-21-23(18)13-15-5-6-15/h1-4,7-12,15H,5-6,13H2,(H,22,25)/b10-8+. The van der Waals surface area contributed by atoms with Crippen LogP contribution in [0.2, 0.25) is 0 Å². The van der Waals surface area contributed by atoms with Gasteiger partial charge in [-0.15, -0.1) is 0 Å². The van der Waals surface area contributed by atoms with Crippen molar-refractivity contribution in [2.24, 2.45) is 5.92 Å². The first-order chi connectivity index (χ1) is 13.1. The number of anilines is 1. The van der Waals surface area contributed by atoms with Gasteiger partial charge in [-0.1, -0.05) is 18.2 Å². The minimum atomic E-state index is -0.521. The van der Waals surface area contributed by atoms with E-state index in [1.165, 1.54) is 31.1 Å². The summed E-state index contributed by atoms with van der Waals surface area (Å²) in [5, 5.41) is 19.0. The zero-order valence-electron chi connectivity index (χ0n) is 14.5. The van der Waals surface area contributed by atoms with Crippen LogP contribution in [0.5, 0.6) is 0 Å². The Labute approximate surface area is 155 Å². The summed E-state index contributed by atoms with van der Waals surface area (Å²) in [6.07, 6.45) is 7.43. The third-order valence-corrected chi connectivity index (χ3v) is 4.58. The molecule has 0 bridgehead atoms. The minimum absolute atomic E-state index is 0.135. The van der Waals surface area contributed by atoms with Gasteiger partial charge >= 0.3 is 0 Å². The summed E-state index contributed by atoms with van der Waals surface area (Å²) in [6.45, 7) is 0.955. The third kappa shape index (κ3) is 3.87. The summed E-state index contributed by atoms with van der Waals surface area (Å²) in [5.74, 6) is 0.326. The number of benzene rings is 2. The molecule has 0 atom stereocenters. The number of fused-ring (bicyclic) bond motifs is 1. The number of nitrogens with one attached hydrogen (secondary N) is 1. The van der Waals surface area contributed by atoms with Gasteiger partial charge < -0.3 is 5.32 Å². The highest BCUT2D eigenvalue weighted by molar-refractivity contribution is 6.03. The average molecular weight is 362 g/mol. The van der Waals surface area contributed by atoms with Crippen LogP contribution in [0, 0.1) is 16.0 Å². The molecule has 27 heavy (non-hydrogen) atoms. The van der Waals surface area contributed by atoms with Gasteiger partial charge in [-0.25, -0.2) is 0 Å². The second-order valence-corrected chi connectivity index (χ2v) is 6.69. The Hall–Kier alpha value is -3.48. The van der Waals surface area contributed by atoms with E-state index in [0.717, 1.165) is 28.9 Å². The SMILES string of the molecule is O=C(/C=C/c1ccc2c(cnn2CC2CC2)c1)Nc1ccccc1[N+](=O)[O-]. The van der Waals surface area contributed by atoms with Crippen molar-refractivity contribution < 1.29 is 9.72 Å². The fourth-order valence-corrected chi connectivity index (χ4v) is 2.98. The lowest BCUT2D eigenvalue weighted by atomic mass is 10.1. The van der Waals surface area contributed by atoms with Gasteiger partial charge in [-0.3, -0.25) is 19.6 Å². The molecule has 0 saturated heterocycles. The number of nitro groups is 1. The monoisotopic (exact) mass is 362 g/mol. The van der Waals surface area contributed by atoms with Gasteiger partial charge in [-0.05, 0) is 48.6 Å². The molecule has 1 fully saturated rings. The van der Waals surface area contributed by atoms with Crippen LogP contribution in [0.3, 0.4) is 0 Å². The highest BCUT2D eigenvalue weighted by atomic mass is 16.6. The van der Waals surface area contributed by atoms with Crippen LogP contribution in [0.25, 0.3) is 17.0 Å². The molecular weight excluding hydrogens is 344 g/mol. The van der Waals surface area contributed by atoms with Crippen LogP contribution in [0.15, 0.2) is 54.7 Å². The number of nitrogens with zero attached hydrogens (tertiary/aromatic N) is 3. The van der Waals surface area contributed by atoms with E-state index >= 15 is 0 Å². The predicted octanol–water partition coefficient (Wildman–Crippen LogP) is 4.01. The van der Waals surface area contributed by atoms with Crippen LogP contribution in [0.4, 0.5) is 11.4 Å². The molecule has 7 heteroatoms. The molecule has 1 heterocycles. The summed E-state index contributed by atoms with van der Waals surface area (Å²) in [5.41, 5.74) is 1.99. The van der Waals surface area contributed by atoms with E-state index in [1.807, 2.05) is 29.1 Å². The van der Waals surface area contributed by atoms with E-state index in [-0.39, 0.29) is 11.4 Å². The number of para-hydroxylation sites is 2. The molecule has 0 radical (unpaired) electrons. The van der Waals surface area contributed by atoms with Crippen LogP contribution in [-0.2, 0) is 11.3 Å². The molecule has 7 nitrogen and oxygen atoms in total. The topological polar surface area (TPSA) is 90.1 Å². The fraction of sp³-hybridized carbons (Fsp3) is 0.200. The highest BCUT2D eigenvalue weighted by Gasteiger charge is 2.22. The second kappa shape index (κ2) is 7.03. The van der Waals surface area contributed by atoms with Crippen LogP contribution in [0.1, 0.15) is 18.4 Å². The second-order valence-electron chi connectivity index (χ2n) is 6.69. The minimum Gasteiger partial charge on any atom is -0.317 e. The fourth-order valence-electron chi connectivity index (χ4n) is 2.98. The zero-order valence-corrected chi connectivity index (χ0v) is 14.5. The summed E-state index contributed by atoms with van der Waals surface area (Å²) in [4.78, 5) is 22.6. The predicted molar refractivity (Wildman–Crippen MR) is 103 cm³/mol. The van der Waals surface area contributed by atoms with Crippen molar-refractivity contribution in [1.29, 1.82) is 0 Å². The lowest BCUT2D eigenvalue weighted by Crippen LogP contribution is -2.09. The Balaban J connectivity index is 1.47. The van der Waals surface area contributed by atoms with Crippen LogP contribution < -0.4 is 5.32 Å². The van der Waals surface area contributed by atoms with E-state index < -0.39 is 10.8 Å². The Kier molecular flexibility index (Phi) is 4.42. The molecule has 0 spiro atoms. The van der Waals surface area contributed by atoms with Crippen molar-refractivity contribution in [3.63, 3.8) is 0 Å². The molecule has 0 unspecified atom stereocenters. The maximum absolute atomic E-state index is 12.1. The van der Waals surface area contributed by atoms with Gasteiger partial charge in [0, 0.05) is 24.1 Å². The van der Waals surface area contributed by atoms with Gasteiger partial charge in [0.1, 0.15) is 5.69 Å². The van der Waals surface area contributed by atoms with E-state index in [2.05, 4.69) is 10.4 Å². The number of carbonyl (C=O) groups is 1. The first kappa shape index (κ1) is 17.0. The molecule has 1 aliphatic rings. The Bertz CT molecular complexity index is 1050. The van der Waals surface area contributed by atoms with Gasteiger partial charge in [-0.2, -0.15) is 5.10 Å². The molecular formula is C20H18N4O3. The molecule has 1 aromatic heterocycles. The molecule has 1 amide bonds. The molecule has 2 aromatic carbocycles. The van der Waals surface area contributed by atoms with Gasteiger partial charge in [0.15, 0.2) is 0 Å². The maximum Gasteiger partial charge on any atom is 0.292 e. The number of hydrogen-bond donors (Lipinski definition) is 1. The smallest absolute Gasteiger partial charge is 0.292 e. The van der Waals surface area contributed by atoms with Crippen molar-refractivity contribution in [3.8, 4) is 0 Å². The lowest BCUT2D eigenvalue weighted by Gasteiger charge is -2.03. The van der Waals surface area contributed by atoms with Crippen molar-refractivity contribution in [1.82, 2.24) is 9.78 Å². The number of hydrogen-bond acceptors (Lipinski definition) is 4. The van der Waals surface area contributed by atoms with Gasteiger partial charge in [0.2, 0.25) is 5.91 Å². The van der Waals surface area contributed by atoms with E-state index in [4.69, 9.17) is 0 Å². The summed E-state index contributed by atoms with van der Waals surface area (Å²) in [7, 11) is 0. The Morgan fingerprint density at radius 2 is 2.11 bits per heavy atom. The average Bonchev–Trinajstić information content (AvgIpc) is 3.39. The molecule has 1 aliphatic carbocycles. The van der Waals surface area contributed by atoms with Gasteiger partial charge in [0.05, 0.1) is 16.6 Å². The Morgan fingerprint density at radius 3 is 2.89 bits per heavy atom. The molecule has 0 aliphatic heterocycles. The van der Waals surface area contributed by atoms with Crippen molar-refractivity contribution in [2.45, 2.75) is 19.4 Å². The normalized spacial score (nSPS) is 13.9. The summed E-state index contributed by atoms with van der Waals surface area (Å²) >= 11 is 0. The lowest BCUT2D eigenvalue weighted by molar-refractivity contribution is -0.383. The van der Waals surface area contributed by atoms with E-state index in [0.29, 0.717) is 0 Å². The quantitative estimate of drug-likeness (QED) is 0.407. The maximum atomic E-state index is 12.1. The number of amides is 1. The zero-order chi connectivity index (χ0) is 18.8. The Morgan fingerprint density at radius 1 is 1.30 bits per heavy atom. The van der Waals surface area contributed by atoms with Gasteiger partial charge in [0.25, 0.3) is 5.69 Å². The number of rotatable bonds is 6. The molecule has 4 rings (SSSR count). The van der Waals surface area contributed by atoms with Crippen molar-refractivity contribution in [3.05, 3.63) is 70.4 Å². The summed E-state index contributed by atoms with van der Waals surface area (Å²) in [6, 6.07) is 12.0. The largest absolute Gasteiger partial charge is 0.317 e. The number of nitro benzene ring substituents is 1. The summed E-state index contributed by atoms with van der Waals surface area (Å²) < 4.78 is 2.03.